The molecule has 0 saturated carbocycles. The van der Waals surface area contributed by atoms with Gasteiger partial charge in [-0.05, 0) is 23.3 Å². The van der Waals surface area contributed by atoms with Crippen LogP contribution in [0.2, 0.25) is 0 Å². The first-order valence-corrected chi connectivity index (χ1v) is 5.94. The molecule has 1 amide bonds. The summed E-state index contributed by atoms with van der Waals surface area (Å²) in [6.45, 7) is 0.423. The molecule has 0 radical (unpaired) electrons. The van der Waals surface area contributed by atoms with E-state index in [2.05, 4.69) is 5.32 Å². The lowest BCUT2D eigenvalue weighted by atomic mass is 10.1. The van der Waals surface area contributed by atoms with Crippen LogP contribution in [-0.4, -0.2) is 11.0 Å². The maximum absolute atomic E-state index is 11.7. The van der Waals surface area contributed by atoms with Gasteiger partial charge in [0.1, 0.15) is 5.75 Å². The predicted molar refractivity (Wildman–Crippen MR) is 69.5 cm³/mol. The van der Waals surface area contributed by atoms with Gasteiger partial charge in [0.05, 0.1) is 6.42 Å². The minimum Gasteiger partial charge on any atom is -0.872 e. The number of carbonyl (C=O) groups is 1. The predicted octanol–water partition coefficient (Wildman–Crippen LogP) is 1.32. The third kappa shape index (κ3) is 3.74. The topological polar surface area (TPSA) is 72.4 Å². The van der Waals surface area contributed by atoms with Crippen molar-refractivity contribution in [3.8, 4) is 11.5 Å². The molecule has 0 aliphatic carbocycles. The van der Waals surface area contributed by atoms with Gasteiger partial charge < -0.3 is 15.5 Å². The zero-order valence-corrected chi connectivity index (χ0v) is 10.3. The molecule has 4 nitrogen and oxygen atoms in total. The molecule has 0 aliphatic heterocycles. The number of nitrogens with one attached hydrogen (secondary N) is 1. The fourth-order valence-corrected chi connectivity index (χ4v) is 1.74. The summed E-state index contributed by atoms with van der Waals surface area (Å²) in [4.78, 5) is 11.7. The fraction of sp³-hybridized carbons (Fsp3) is 0.133. The summed E-state index contributed by atoms with van der Waals surface area (Å²) >= 11 is 0. The van der Waals surface area contributed by atoms with Crippen molar-refractivity contribution in [2.24, 2.45) is 0 Å². The summed E-state index contributed by atoms with van der Waals surface area (Å²) in [6.07, 6.45) is -0.0277. The van der Waals surface area contributed by atoms with Gasteiger partial charge in [-0.15, -0.1) is 5.75 Å². The zero-order valence-electron chi connectivity index (χ0n) is 10.3. The monoisotopic (exact) mass is 256 g/mol. The third-order valence-corrected chi connectivity index (χ3v) is 2.73. The van der Waals surface area contributed by atoms with Crippen molar-refractivity contribution in [1.82, 2.24) is 5.32 Å². The lowest BCUT2D eigenvalue weighted by Gasteiger charge is -2.13. The molecule has 2 N–H and O–H groups in total. The van der Waals surface area contributed by atoms with E-state index < -0.39 is 0 Å². The Labute approximate surface area is 111 Å². The molecule has 0 saturated heterocycles. The van der Waals surface area contributed by atoms with Crippen LogP contribution in [0.1, 0.15) is 11.1 Å². The number of aromatic hydroxyl groups is 1. The van der Waals surface area contributed by atoms with Crippen LogP contribution >= 0.6 is 0 Å². The number of hydrogen-bond acceptors (Lipinski definition) is 3. The molecule has 0 atom stereocenters. The first-order chi connectivity index (χ1) is 9.15. The summed E-state index contributed by atoms with van der Waals surface area (Å²) < 4.78 is 0. The van der Waals surface area contributed by atoms with Gasteiger partial charge in [0.15, 0.2) is 0 Å². The van der Waals surface area contributed by atoms with Gasteiger partial charge in [-0.2, -0.15) is 0 Å². The van der Waals surface area contributed by atoms with Gasteiger partial charge in [0.2, 0.25) is 5.91 Å². The van der Waals surface area contributed by atoms with E-state index in [1.54, 1.807) is 0 Å². The van der Waals surface area contributed by atoms with Crippen LogP contribution < -0.4 is 10.4 Å². The molecular formula is C15H14NO3-. The van der Waals surface area contributed by atoms with Crippen LogP contribution in [0.3, 0.4) is 0 Å². The van der Waals surface area contributed by atoms with Crippen molar-refractivity contribution in [3.05, 3.63) is 59.7 Å². The highest BCUT2D eigenvalue weighted by Gasteiger charge is 2.05. The third-order valence-electron chi connectivity index (χ3n) is 2.73. The molecule has 0 heterocycles. The average Bonchev–Trinajstić information content (AvgIpc) is 2.42. The number of amides is 1. The van der Waals surface area contributed by atoms with Crippen LogP contribution in [0.5, 0.6) is 11.5 Å². The first-order valence-electron chi connectivity index (χ1n) is 5.94. The molecule has 98 valence electrons. The van der Waals surface area contributed by atoms with E-state index >= 15 is 0 Å². The molecule has 0 unspecified atom stereocenters. The van der Waals surface area contributed by atoms with Gasteiger partial charge >= 0.3 is 0 Å². The highest BCUT2D eigenvalue weighted by molar-refractivity contribution is 5.79. The number of rotatable bonds is 4. The van der Waals surface area contributed by atoms with Gasteiger partial charge in [0, 0.05) is 6.54 Å². The van der Waals surface area contributed by atoms with E-state index in [1.807, 2.05) is 30.3 Å². The Morgan fingerprint density at radius 1 is 1.16 bits per heavy atom. The van der Waals surface area contributed by atoms with Crippen LogP contribution in [-0.2, 0) is 17.8 Å². The van der Waals surface area contributed by atoms with Crippen molar-refractivity contribution in [2.75, 3.05) is 0 Å². The fourth-order valence-electron chi connectivity index (χ4n) is 1.74. The molecule has 2 aromatic rings. The average molecular weight is 256 g/mol. The highest BCUT2D eigenvalue weighted by Crippen LogP contribution is 2.20. The summed E-state index contributed by atoms with van der Waals surface area (Å²) in [6, 6.07) is 13.4. The second-order valence-corrected chi connectivity index (χ2v) is 4.23. The van der Waals surface area contributed by atoms with Crippen LogP contribution in [0.15, 0.2) is 48.5 Å². The van der Waals surface area contributed by atoms with Crippen molar-refractivity contribution in [1.29, 1.82) is 0 Å². The van der Waals surface area contributed by atoms with E-state index in [0.29, 0.717) is 12.1 Å². The Hall–Kier alpha value is -2.49. The molecule has 0 bridgehead atoms. The van der Waals surface area contributed by atoms with Gasteiger partial charge in [-0.3, -0.25) is 4.79 Å². The largest absolute Gasteiger partial charge is 0.872 e. The highest BCUT2D eigenvalue weighted by atomic mass is 16.3. The Bertz CT molecular complexity index is 567. The molecule has 2 aromatic carbocycles. The molecular weight excluding hydrogens is 242 g/mol. The molecule has 2 rings (SSSR count). The molecule has 0 spiro atoms. The van der Waals surface area contributed by atoms with Crippen molar-refractivity contribution >= 4 is 5.91 Å². The molecule has 19 heavy (non-hydrogen) atoms. The van der Waals surface area contributed by atoms with E-state index in [0.717, 1.165) is 5.56 Å². The maximum atomic E-state index is 11.7. The SMILES string of the molecule is O=C(Cc1cc(O)ccc1[O-])NCc1ccccc1. The molecule has 0 fully saturated rings. The Kier molecular flexibility index (Phi) is 4.03. The number of phenolic OH excluding ortho intramolecular Hbond substituents is 1. The lowest BCUT2D eigenvalue weighted by Crippen LogP contribution is -2.24. The van der Waals surface area contributed by atoms with Crippen LogP contribution in [0.25, 0.3) is 0 Å². The summed E-state index contributed by atoms with van der Waals surface area (Å²) in [7, 11) is 0. The van der Waals surface area contributed by atoms with Crippen LogP contribution in [0.4, 0.5) is 0 Å². The maximum Gasteiger partial charge on any atom is 0.224 e. The second kappa shape index (κ2) is 5.91. The van der Waals surface area contributed by atoms with Gasteiger partial charge in [0.25, 0.3) is 0 Å². The number of phenols is 1. The summed E-state index contributed by atoms with van der Waals surface area (Å²) in [5.74, 6) is -0.496. The summed E-state index contributed by atoms with van der Waals surface area (Å²) in [5, 5.41) is 23.5. The molecule has 4 heteroatoms. The Balaban J connectivity index is 1.93. The van der Waals surface area contributed by atoms with E-state index in [9.17, 15) is 15.0 Å². The number of carbonyl (C=O) groups excluding carboxylic acids is 1. The number of hydrogen-bond donors (Lipinski definition) is 2. The van der Waals surface area contributed by atoms with Crippen molar-refractivity contribution < 1.29 is 15.0 Å². The van der Waals surface area contributed by atoms with E-state index in [-0.39, 0.29) is 23.8 Å². The minimum absolute atomic E-state index is 0.00883. The van der Waals surface area contributed by atoms with Crippen molar-refractivity contribution in [2.45, 2.75) is 13.0 Å². The standard InChI is InChI=1S/C15H15NO3/c17-13-6-7-14(18)12(8-13)9-15(19)16-10-11-4-2-1-3-5-11/h1-8,17-18H,9-10H2,(H,16,19)/p-1. The van der Waals surface area contributed by atoms with Gasteiger partial charge in [-0.25, -0.2) is 0 Å². The van der Waals surface area contributed by atoms with Gasteiger partial charge in [-0.1, -0.05) is 36.4 Å². The molecule has 0 aliphatic rings. The molecule has 0 aromatic heterocycles. The minimum atomic E-state index is -0.244. The normalized spacial score (nSPS) is 10.1. The second-order valence-electron chi connectivity index (χ2n) is 4.23. The van der Waals surface area contributed by atoms with Crippen molar-refractivity contribution in [3.63, 3.8) is 0 Å². The van der Waals surface area contributed by atoms with Crippen LogP contribution in [0, 0.1) is 0 Å². The van der Waals surface area contributed by atoms with E-state index in [4.69, 9.17) is 0 Å². The Morgan fingerprint density at radius 2 is 1.89 bits per heavy atom. The Morgan fingerprint density at radius 3 is 2.63 bits per heavy atom. The lowest BCUT2D eigenvalue weighted by molar-refractivity contribution is -0.269. The summed E-state index contributed by atoms with van der Waals surface area (Å²) in [5.41, 5.74) is 1.29. The smallest absolute Gasteiger partial charge is 0.224 e. The quantitative estimate of drug-likeness (QED) is 0.866. The first kappa shape index (κ1) is 13.0. The number of benzene rings is 2. The zero-order chi connectivity index (χ0) is 13.7. The van der Waals surface area contributed by atoms with E-state index in [1.165, 1.54) is 18.2 Å².